The van der Waals surface area contributed by atoms with Crippen molar-refractivity contribution in [3.63, 3.8) is 0 Å². The van der Waals surface area contributed by atoms with Gasteiger partial charge in [-0.2, -0.15) is 0 Å². The number of rotatable bonds is 2. The Morgan fingerprint density at radius 1 is 0.450 bits per heavy atom. The number of hydrogen-bond acceptors (Lipinski definition) is 1. The Morgan fingerprint density at radius 2 is 1.23 bits per heavy atom. The molecule has 2 heterocycles. The smallest absolute Gasteiger partial charge is 0.0619 e. The van der Waals surface area contributed by atoms with Crippen LogP contribution in [0.3, 0.4) is 0 Å². The van der Waals surface area contributed by atoms with Crippen LogP contribution in [0, 0.1) is 0 Å². The summed E-state index contributed by atoms with van der Waals surface area (Å²) in [6, 6.07) is 51.2. The minimum Gasteiger partial charge on any atom is -0.309 e. The molecular formula is C38H23NS. The molecule has 40 heavy (non-hydrogen) atoms. The van der Waals surface area contributed by atoms with Gasteiger partial charge < -0.3 is 4.57 Å². The second-order valence-corrected chi connectivity index (χ2v) is 11.6. The van der Waals surface area contributed by atoms with Crippen molar-refractivity contribution >= 4 is 55.1 Å². The largest absolute Gasteiger partial charge is 0.309 e. The third kappa shape index (κ3) is 3.05. The van der Waals surface area contributed by atoms with Gasteiger partial charge in [0.05, 0.1) is 11.0 Å². The molecule has 0 amide bonds. The van der Waals surface area contributed by atoms with Crippen LogP contribution in [-0.4, -0.2) is 4.57 Å². The minimum absolute atomic E-state index is 1.19. The molecule has 1 nitrogen and oxygen atoms in total. The summed E-state index contributed by atoms with van der Waals surface area (Å²) < 4.78 is 2.42. The second-order valence-electron chi connectivity index (χ2n) is 10.5. The molecule has 0 fully saturated rings. The molecule has 0 N–H and O–H groups in total. The molecule has 1 aliphatic heterocycles. The van der Waals surface area contributed by atoms with Gasteiger partial charge in [-0.3, -0.25) is 0 Å². The van der Waals surface area contributed by atoms with E-state index in [0.29, 0.717) is 0 Å². The maximum atomic E-state index is 2.42. The van der Waals surface area contributed by atoms with Gasteiger partial charge in [0.15, 0.2) is 0 Å². The van der Waals surface area contributed by atoms with Crippen LogP contribution in [-0.2, 0) is 0 Å². The van der Waals surface area contributed by atoms with E-state index in [1.165, 1.54) is 81.1 Å². The Morgan fingerprint density at radius 3 is 2.17 bits per heavy atom. The predicted octanol–water partition coefficient (Wildman–Crippen LogP) is 10.9. The minimum atomic E-state index is 1.19. The molecule has 0 bridgehead atoms. The Kier molecular flexibility index (Phi) is 4.61. The Hall–Kier alpha value is -4.79. The van der Waals surface area contributed by atoms with Crippen LogP contribution in [0.4, 0.5) is 0 Å². The van der Waals surface area contributed by atoms with Crippen LogP contribution in [0.5, 0.6) is 0 Å². The van der Waals surface area contributed by atoms with Gasteiger partial charge in [0.1, 0.15) is 0 Å². The van der Waals surface area contributed by atoms with Gasteiger partial charge in [0.25, 0.3) is 0 Å². The first kappa shape index (κ1) is 22.1. The Bertz CT molecular complexity index is 2290. The number of hydrogen-bond donors (Lipinski definition) is 0. The summed E-state index contributed by atoms with van der Waals surface area (Å²) in [5.74, 6) is 0. The maximum Gasteiger partial charge on any atom is 0.0619 e. The molecule has 0 radical (unpaired) electrons. The van der Waals surface area contributed by atoms with E-state index >= 15 is 0 Å². The first-order chi connectivity index (χ1) is 19.8. The fraction of sp³-hybridized carbons (Fsp3) is 0. The summed E-state index contributed by atoms with van der Waals surface area (Å²) in [5, 5.41) is 7.78. The van der Waals surface area contributed by atoms with Crippen molar-refractivity contribution in [2.75, 3.05) is 0 Å². The highest BCUT2D eigenvalue weighted by Crippen LogP contribution is 2.49. The fourth-order valence-corrected chi connectivity index (χ4v) is 7.76. The molecule has 8 aromatic rings. The van der Waals surface area contributed by atoms with Crippen molar-refractivity contribution in [3.05, 3.63) is 140 Å². The molecule has 0 unspecified atom stereocenters. The molecule has 186 valence electrons. The topological polar surface area (TPSA) is 4.93 Å². The summed E-state index contributed by atoms with van der Waals surface area (Å²) in [7, 11) is 0. The molecule has 1 aromatic heterocycles. The number of benzene rings is 7. The van der Waals surface area contributed by atoms with Gasteiger partial charge in [-0.25, -0.2) is 0 Å². The van der Waals surface area contributed by atoms with Gasteiger partial charge in [-0.15, -0.1) is 0 Å². The van der Waals surface area contributed by atoms with E-state index in [-0.39, 0.29) is 0 Å². The number of para-hydroxylation sites is 2. The molecule has 7 aromatic carbocycles. The lowest BCUT2D eigenvalue weighted by atomic mass is 9.91. The summed E-state index contributed by atoms with van der Waals surface area (Å²) in [6.07, 6.45) is 0. The zero-order valence-corrected chi connectivity index (χ0v) is 22.5. The number of aromatic nitrogens is 1. The van der Waals surface area contributed by atoms with Crippen molar-refractivity contribution < 1.29 is 0 Å². The van der Waals surface area contributed by atoms with Gasteiger partial charge in [-0.1, -0.05) is 115 Å². The summed E-state index contributed by atoms with van der Waals surface area (Å²) >= 11 is 1.88. The highest BCUT2D eigenvalue weighted by Gasteiger charge is 2.21. The van der Waals surface area contributed by atoms with Crippen molar-refractivity contribution in [2.24, 2.45) is 0 Å². The first-order valence-corrected chi connectivity index (χ1v) is 14.5. The van der Waals surface area contributed by atoms with E-state index in [1.54, 1.807) is 0 Å². The lowest BCUT2D eigenvalue weighted by Gasteiger charge is -2.21. The third-order valence-corrected chi connectivity index (χ3v) is 9.51. The standard InChI is InChI=1S/C38H23NS/c1-2-9-26(10-3-1)39-34-15-6-4-11-29(34)33-20-18-25-23-24(17-19-28(25)38(33)39)27-21-22-36-37-31(27)13-8-14-32(37)30-12-5-7-16-35(30)40-36/h1-23H. The summed E-state index contributed by atoms with van der Waals surface area (Å²) in [6.45, 7) is 0. The van der Waals surface area contributed by atoms with E-state index in [9.17, 15) is 0 Å². The summed E-state index contributed by atoms with van der Waals surface area (Å²) in [4.78, 5) is 2.67. The molecular weight excluding hydrogens is 502 g/mol. The number of fused-ring (bicyclic) bond motifs is 7. The van der Waals surface area contributed by atoms with Crippen molar-refractivity contribution in [1.29, 1.82) is 0 Å². The maximum absolute atomic E-state index is 2.42. The molecule has 9 rings (SSSR count). The third-order valence-electron chi connectivity index (χ3n) is 8.38. The highest BCUT2D eigenvalue weighted by molar-refractivity contribution is 7.99. The van der Waals surface area contributed by atoms with E-state index in [1.807, 2.05) is 11.8 Å². The second kappa shape index (κ2) is 8.35. The van der Waals surface area contributed by atoms with Crippen LogP contribution in [0.25, 0.3) is 71.3 Å². The SMILES string of the molecule is c1ccc(-n2c3ccccc3c3ccc4cc(-c5ccc6c7c(cccc57)-c5ccccc5S6)ccc4c32)cc1. The predicted molar refractivity (Wildman–Crippen MR) is 171 cm³/mol. The number of nitrogens with zero attached hydrogens (tertiary/aromatic N) is 1. The Balaban J connectivity index is 1.30. The van der Waals surface area contributed by atoms with Gasteiger partial charge in [0, 0.05) is 37.0 Å². The van der Waals surface area contributed by atoms with E-state index in [0.717, 1.165) is 0 Å². The van der Waals surface area contributed by atoms with Crippen molar-refractivity contribution in [2.45, 2.75) is 9.79 Å². The van der Waals surface area contributed by atoms with Gasteiger partial charge in [0.2, 0.25) is 0 Å². The van der Waals surface area contributed by atoms with Gasteiger partial charge in [-0.05, 0) is 69.4 Å². The quantitative estimate of drug-likeness (QED) is 0.217. The van der Waals surface area contributed by atoms with Crippen LogP contribution < -0.4 is 0 Å². The van der Waals surface area contributed by atoms with Crippen molar-refractivity contribution in [1.82, 2.24) is 4.57 Å². The molecule has 0 aliphatic carbocycles. The average molecular weight is 526 g/mol. The molecule has 1 aliphatic rings. The van der Waals surface area contributed by atoms with Crippen LogP contribution in [0.1, 0.15) is 0 Å². The van der Waals surface area contributed by atoms with Crippen LogP contribution >= 0.6 is 11.8 Å². The first-order valence-electron chi connectivity index (χ1n) is 13.7. The van der Waals surface area contributed by atoms with E-state index < -0.39 is 0 Å². The van der Waals surface area contributed by atoms with E-state index in [4.69, 9.17) is 0 Å². The normalized spacial score (nSPS) is 12.4. The molecule has 0 saturated heterocycles. The molecule has 0 atom stereocenters. The zero-order chi connectivity index (χ0) is 26.2. The van der Waals surface area contributed by atoms with Crippen molar-refractivity contribution in [3.8, 4) is 27.9 Å². The Labute approximate surface area is 236 Å². The summed E-state index contributed by atoms with van der Waals surface area (Å²) in [5.41, 5.74) is 8.89. The van der Waals surface area contributed by atoms with Crippen LogP contribution in [0.15, 0.2) is 149 Å². The average Bonchev–Trinajstić information content (AvgIpc) is 3.36. The zero-order valence-electron chi connectivity index (χ0n) is 21.6. The van der Waals surface area contributed by atoms with Gasteiger partial charge >= 0.3 is 0 Å². The highest BCUT2D eigenvalue weighted by atomic mass is 32.2. The molecule has 0 spiro atoms. The lowest BCUT2D eigenvalue weighted by Crippen LogP contribution is -1.95. The van der Waals surface area contributed by atoms with E-state index in [2.05, 4.69) is 144 Å². The van der Waals surface area contributed by atoms with Crippen LogP contribution in [0.2, 0.25) is 0 Å². The molecule has 2 heteroatoms. The molecule has 0 saturated carbocycles. The lowest BCUT2D eigenvalue weighted by molar-refractivity contribution is 1.19. The monoisotopic (exact) mass is 525 g/mol. The fourth-order valence-electron chi connectivity index (χ4n) is 6.63.